The van der Waals surface area contributed by atoms with Crippen molar-refractivity contribution in [2.75, 3.05) is 33.9 Å². The third-order valence-electron chi connectivity index (χ3n) is 4.47. The SMILES string of the molecule is COc1ccc(C(=O)NCCNC(=O)COc2ccc3ccccc3c2)cc1OC. The van der Waals surface area contributed by atoms with E-state index in [1.54, 1.807) is 18.2 Å². The minimum atomic E-state index is -0.266. The van der Waals surface area contributed by atoms with Crippen molar-refractivity contribution in [2.45, 2.75) is 0 Å². The molecule has 30 heavy (non-hydrogen) atoms. The smallest absolute Gasteiger partial charge is 0.258 e. The normalized spacial score (nSPS) is 10.3. The molecule has 0 bridgehead atoms. The third-order valence-corrected chi connectivity index (χ3v) is 4.47. The number of hydrogen-bond acceptors (Lipinski definition) is 5. The van der Waals surface area contributed by atoms with Gasteiger partial charge in [-0.3, -0.25) is 9.59 Å². The van der Waals surface area contributed by atoms with Crippen molar-refractivity contribution >= 4 is 22.6 Å². The van der Waals surface area contributed by atoms with Crippen LogP contribution < -0.4 is 24.8 Å². The number of fused-ring (bicyclic) bond motifs is 1. The molecule has 0 aliphatic carbocycles. The molecule has 0 aliphatic heterocycles. The van der Waals surface area contributed by atoms with E-state index < -0.39 is 0 Å². The van der Waals surface area contributed by atoms with Crippen molar-refractivity contribution < 1.29 is 23.8 Å². The average molecular weight is 408 g/mol. The molecular weight excluding hydrogens is 384 g/mol. The topological polar surface area (TPSA) is 85.9 Å². The zero-order valence-corrected chi connectivity index (χ0v) is 16.9. The van der Waals surface area contributed by atoms with Crippen LogP contribution in [0.2, 0.25) is 0 Å². The maximum atomic E-state index is 12.2. The van der Waals surface area contributed by atoms with Gasteiger partial charge in [-0.1, -0.05) is 30.3 Å². The summed E-state index contributed by atoms with van der Waals surface area (Å²) >= 11 is 0. The van der Waals surface area contributed by atoms with Crippen LogP contribution in [0.15, 0.2) is 60.7 Å². The Labute approximate surface area is 174 Å². The lowest BCUT2D eigenvalue weighted by atomic mass is 10.1. The van der Waals surface area contributed by atoms with Crippen molar-refractivity contribution in [3.63, 3.8) is 0 Å². The molecular formula is C23H24N2O5. The van der Waals surface area contributed by atoms with Gasteiger partial charge in [0, 0.05) is 18.7 Å². The van der Waals surface area contributed by atoms with Crippen molar-refractivity contribution in [1.82, 2.24) is 10.6 Å². The maximum absolute atomic E-state index is 12.2. The number of ether oxygens (including phenoxy) is 3. The Bertz CT molecular complexity index is 1040. The predicted molar refractivity (Wildman–Crippen MR) is 114 cm³/mol. The quantitative estimate of drug-likeness (QED) is 0.532. The van der Waals surface area contributed by atoms with E-state index in [-0.39, 0.29) is 25.0 Å². The van der Waals surface area contributed by atoms with Crippen LogP contribution in [0.3, 0.4) is 0 Å². The molecule has 0 saturated carbocycles. The second kappa shape index (κ2) is 10.2. The number of benzene rings is 3. The van der Waals surface area contributed by atoms with Crippen molar-refractivity contribution in [2.24, 2.45) is 0 Å². The Morgan fingerprint density at radius 2 is 1.53 bits per heavy atom. The highest BCUT2D eigenvalue weighted by Crippen LogP contribution is 2.27. The lowest BCUT2D eigenvalue weighted by Crippen LogP contribution is -2.36. The molecule has 0 aliphatic rings. The number of carbonyl (C=O) groups excluding carboxylic acids is 2. The van der Waals surface area contributed by atoms with Gasteiger partial charge in [0.15, 0.2) is 18.1 Å². The third kappa shape index (κ3) is 5.41. The summed E-state index contributed by atoms with van der Waals surface area (Å²) in [5.74, 6) is 1.13. The van der Waals surface area contributed by atoms with Gasteiger partial charge in [-0.05, 0) is 41.1 Å². The van der Waals surface area contributed by atoms with Gasteiger partial charge in [-0.25, -0.2) is 0 Å². The van der Waals surface area contributed by atoms with Gasteiger partial charge >= 0.3 is 0 Å². The Balaban J connectivity index is 1.40. The van der Waals surface area contributed by atoms with Crippen LogP contribution >= 0.6 is 0 Å². The van der Waals surface area contributed by atoms with Gasteiger partial charge in [-0.2, -0.15) is 0 Å². The molecule has 3 aromatic rings. The summed E-state index contributed by atoms with van der Waals surface area (Å²) in [6.45, 7) is 0.482. The van der Waals surface area contributed by atoms with Crippen LogP contribution in [0.5, 0.6) is 17.2 Å². The van der Waals surface area contributed by atoms with Crippen LogP contribution in [0.25, 0.3) is 10.8 Å². The van der Waals surface area contributed by atoms with Crippen LogP contribution in [-0.2, 0) is 4.79 Å². The van der Waals surface area contributed by atoms with Gasteiger partial charge in [0.1, 0.15) is 5.75 Å². The fourth-order valence-corrected chi connectivity index (χ4v) is 2.91. The summed E-state index contributed by atoms with van der Waals surface area (Å²) in [5, 5.41) is 7.62. The largest absolute Gasteiger partial charge is 0.493 e. The number of nitrogens with one attached hydrogen (secondary N) is 2. The molecule has 2 amide bonds. The average Bonchev–Trinajstić information content (AvgIpc) is 2.79. The van der Waals surface area contributed by atoms with E-state index in [9.17, 15) is 9.59 Å². The van der Waals surface area contributed by atoms with Crippen LogP contribution in [0, 0.1) is 0 Å². The van der Waals surface area contributed by atoms with Gasteiger partial charge in [0.05, 0.1) is 14.2 Å². The first-order valence-corrected chi connectivity index (χ1v) is 9.49. The monoisotopic (exact) mass is 408 g/mol. The minimum absolute atomic E-state index is 0.0953. The Kier molecular flexibility index (Phi) is 7.10. The van der Waals surface area contributed by atoms with E-state index in [4.69, 9.17) is 14.2 Å². The first kappa shape index (κ1) is 21.0. The molecule has 3 rings (SSSR count). The molecule has 0 heterocycles. The molecule has 0 radical (unpaired) electrons. The van der Waals surface area contributed by atoms with Crippen LogP contribution in [0.1, 0.15) is 10.4 Å². The maximum Gasteiger partial charge on any atom is 0.258 e. The molecule has 0 spiro atoms. The molecule has 2 N–H and O–H groups in total. The van der Waals surface area contributed by atoms with E-state index in [1.165, 1.54) is 14.2 Å². The molecule has 0 saturated heterocycles. The Hall–Kier alpha value is -3.74. The van der Waals surface area contributed by atoms with Gasteiger partial charge in [0.25, 0.3) is 11.8 Å². The van der Waals surface area contributed by atoms with Crippen molar-refractivity contribution in [1.29, 1.82) is 0 Å². The second-order valence-corrected chi connectivity index (χ2v) is 6.47. The first-order valence-electron chi connectivity index (χ1n) is 9.49. The summed E-state index contributed by atoms with van der Waals surface area (Å²) in [6.07, 6.45) is 0. The molecule has 0 atom stereocenters. The zero-order chi connectivity index (χ0) is 21.3. The standard InChI is InChI=1S/C23H24N2O5/c1-28-20-10-8-18(14-21(20)29-2)23(27)25-12-11-24-22(26)15-30-19-9-7-16-5-3-4-6-17(16)13-19/h3-10,13-14H,11-12,15H2,1-2H3,(H,24,26)(H,25,27). The van der Waals surface area contributed by atoms with E-state index in [2.05, 4.69) is 10.6 Å². The predicted octanol–water partition coefficient (Wildman–Crippen LogP) is 2.78. The second-order valence-electron chi connectivity index (χ2n) is 6.47. The summed E-state index contributed by atoms with van der Waals surface area (Å²) in [4.78, 5) is 24.2. The molecule has 3 aromatic carbocycles. The van der Waals surface area contributed by atoms with E-state index in [0.717, 1.165) is 10.8 Å². The number of carbonyl (C=O) groups is 2. The fraction of sp³-hybridized carbons (Fsp3) is 0.217. The molecule has 7 nitrogen and oxygen atoms in total. The molecule has 0 unspecified atom stereocenters. The highest BCUT2D eigenvalue weighted by atomic mass is 16.5. The van der Waals surface area contributed by atoms with Crippen molar-refractivity contribution in [3.8, 4) is 17.2 Å². The van der Waals surface area contributed by atoms with Crippen molar-refractivity contribution in [3.05, 3.63) is 66.2 Å². The van der Waals surface area contributed by atoms with Crippen LogP contribution in [-0.4, -0.2) is 45.7 Å². The summed E-state index contributed by atoms with van der Waals surface area (Å²) in [7, 11) is 3.04. The molecule has 156 valence electrons. The highest BCUT2D eigenvalue weighted by molar-refractivity contribution is 5.95. The Morgan fingerprint density at radius 3 is 2.30 bits per heavy atom. The fourth-order valence-electron chi connectivity index (χ4n) is 2.91. The molecule has 0 fully saturated rings. The number of rotatable bonds is 9. The zero-order valence-electron chi connectivity index (χ0n) is 16.9. The van der Waals surface area contributed by atoms with E-state index in [0.29, 0.717) is 29.4 Å². The minimum Gasteiger partial charge on any atom is -0.493 e. The Morgan fingerprint density at radius 1 is 0.800 bits per heavy atom. The number of hydrogen-bond donors (Lipinski definition) is 2. The van der Waals surface area contributed by atoms with E-state index in [1.807, 2.05) is 42.5 Å². The summed E-state index contributed by atoms with van der Waals surface area (Å²) in [5.41, 5.74) is 0.443. The molecule has 0 aromatic heterocycles. The van der Waals surface area contributed by atoms with Gasteiger partial charge in [-0.15, -0.1) is 0 Å². The van der Waals surface area contributed by atoms with Crippen LogP contribution in [0.4, 0.5) is 0 Å². The number of amides is 2. The highest BCUT2D eigenvalue weighted by Gasteiger charge is 2.10. The van der Waals surface area contributed by atoms with Gasteiger partial charge < -0.3 is 24.8 Å². The molecule has 7 heteroatoms. The lowest BCUT2D eigenvalue weighted by molar-refractivity contribution is -0.123. The lowest BCUT2D eigenvalue weighted by Gasteiger charge is -2.11. The summed E-state index contributed by atoms with van der Waals surface area (Å²) in [6, 6.07) is 18.5. The number of methoxy groups -OCH3 is 2. The van der Waals surface area contributed by atoms with E-state index >= 15 is 0 Å². The van der Waals surface area contributed by atoms with Gasteiger partial charge in [0.2, 0.25) is 0 Å². The summed E-state index contributed by atoms with van der Waals surface area (Å²) < 4.78 is 15.9. The first-order chi connectivity index (χ1) is 14.6.